The number of anilines is 2. The maximum Gasteiger partial charge on any atom is 0.288 e. The molecule has 128 valence electrons. The highest BCUT2D eigenvalue weighted by molar-refractivity contribution is 7.99. The van der Waals surface area contributed by atoms with E-state index in [-0.39, 0.29) is 11.9 Å². The Hall–Kier alpha value is -2.16. The molecule has 2 N–H and O–H groups in total. The molecule has 1 saturated heterocycles. The summed E-state index contributed by atoms with van der Waals surface area (Å²) in [7, 11) is 0. The van der Waals surface area contributed by atoms with Crippen molar-refractivity contribution >= 4 is 29.6 Å². The lowest BCUT2D eigenvalue weighted by molar-refractivity contribution is 0.102. The first-order chi connectivity index (χ1) is 11.6. The molecule has 1 aliphatic heterocycles. The maximum atomic E-state index is 12.3. The van der Waals surface area contributed by atoms with Gasteiger partial charge in [-0.25, -0.2) is 5.10 Å². The molecule has 1 aliphatic rings. The van der Waals surface area contributed by atoms with E-state index in [1.165, 1.54) is 30.7 Å². The van der Waals surface area contributed by atoms with Gasteiger partial charge in [-0.05, 0) is 43.5 Å². The van der Waals surface area contributed by atoms with Crippen molar-refractivity contribution in [1.29, 1.82) is 0 Å². The highest BCUT2D eigenvalue weighted by Gasteiger charge is 2.16. The molecule has 0 atom stereocenters. The molecule has 1 aromatic heterocycles. The number of amides is 1. The molecule has 0 spiro atoms. The van der Waals surface area contributed by atoms with Crippen molar-refractivity contribution in [3.8, 4) is 0 Å². The number of halogens is 2. The van der Waals surface area contributed by atoms with Crippen LogP contribution >= 0.6 is 11.8 Å². The summed E-state index contributed by atoms with van der Waals surface area (Å²) in [5, 5.41) is 9.45. The number of piperidine rings is 1. The molecule has 0 bridgehead atoms. The molecule has 1 fully saturated rings. The van der Waals surface area contributed by atoms with Crippen molar-refractivity contribution in [2.75, 3.05) is 23.3 Å². The van der Waals surface area contributed by atoms with E-state index in [0.29, 0.717) is 28.2 Å². The van der Waals surface area contributed by atoms with Gasteiger partial charge in [0.15, 0.2) is 0 Å². The van der Waals surface area contributed by atoms with E-state index in [1.54, 1.807) is 0 Å². The van der Waals surface area contributed by atoms with E-state index >= 15 is 0 Å². The van der Waals surface area contributed by atoms with Gasteiger partial charge in [0.2, 0.25) is 11.9 Å². The highest BCUT2D eigenvalue weighted by atomic mass is 32.2. The lowest BCUT2D eigenvalue weighted by Crippen LogP contribution is -2.30. The van der Waals surface area contributed by atoms with Gasteiger partial charge < -0.3 is 4.90 Å². The molecule has 9 heteroatoms. The maximum absolute atomic E-state index is 12.3. The summed E-state index contributed by atoms with van der Waals surface area (Å²) in [4.78, 5) is 18.9. The summed E-state index contributed by atoms with van der Waals surface area (Å²) >= 11 is 0.443. The fraction of sp³-hybridized carbons (Fsp3) is 0.400. The standard InChI is InChI=1S/C15H17F2N5OS/c16-13(17)24-11-6-4-10(5-7-11)12(23)18-14-19-15(21-20-14)22-8-2-1-3-9-22/h4-7,13H,1-3,8-9H2,(H2,18,19,20,21,23). The Morgan fingerprint density at radius 3 is 2.58 bits per heavy atom. The van der Waals surface area contributed by atoms with Crippen molar-refractivity contribution < 1.29 is 13.6 Å². The van der Waals surface area contributed by atoms with E-state index in [4.69, 9.17) is 0 Å². The third-order valence-electron chi connectivity index (χ3n) is 3.69. The minimum atomic E-state index is -2.48. The molecule has 2 aromatic rings. The average molecular weight is 353 g/mol. The Morgan fingerprint density at radius 1 is 1.21 bits per heavy atom. The number of aromatic nitrogens is 3. The zero-order valence-electron chi connectivity index (χ0n) is 12.8. The Balaban J connectivity index is 1.61. The number of aromatic amines is 1. The molecule has 0 radical (unpaired) electrons. The normalized spacial score (nSPS) is 14.9. The SMILES string of the molecule is O=C(Nc1nc(N2CCCCC2)n[nH]1)c1ccc(SC(F)F)cc1. The van der Waals surface area contributed by atoms with Crippen LogP contribution in [0.4, 0.5) is 20.7 Å². The van der Waals surface area contributed by atoms with E-state index < -0.39 is 5.76 Å². The molecule has 2 heterocycles. The molecule has 0 aliphatic carbocycles. The van der Waals surface area contributed by atoms with Crippen LogP contribution in [-0.4, -0.2) is 39.9 Å². The number of benzene rings is 1. The number of thioether (sulfide) groups is 1. The fourth-order valence-corrected chi connectivity index (χ4v) is 3.01. The van der Waals surface area contributed by atoms with Crippen LogP contribution in [0.5, 0.6) is 0 Å². The second-order valence-electron chi connectivity index (χ2n) is 5.39. The lowest BCUT2D eigenvalue weighted by atomic mass is 10.1. The number of hydrogen-bond acceptors (Lipinski definition) is 5. The van der Waals surface area contributed by atoms with Gasteiger partial charge in [0.05, 0.1) is 0 Å². The number of H-pyrrole nitrogens is 1. The Kier molecular flexibility index (Phi) is 5.29. The van der Waals surface area contributed by atoms with Crippen LogP contribution in [0.25, 0.3) is 0 Å². The number of nitrogens with zero attached hydrogens (tertiary/aromatic N) is 3. The Labute approximate surface area is 142 Å². The van der Waals surface area contributed by atoms with E-state index in [1.807, 2.05) is 0 Å². The number of nitrogens with one attached hydrogen (secondary N) is 2. The van der Waals surface area contributed by atoms with Crippen LogP contribution in [0.15, 0.2) is 29.2 Å². The first-order valence-corrected chi connectivity index (χ1v) is 8.53. The van der Waals surface area contributed by atoms with Crippen molar-refractivity contribution in [3.63, 3.8) is 0 Å². The van der Waals surface area contributed by atoms with Crippen molar-refractivity contribution in [3.05, 3.63) is 29.8 Å². The van der Waals surface area contributed by atoms with Crippen molar-refractivity contribution in [2.24, 2.45) is 0 Å². The average Bonchev–Trinajstić information content (AvgIpc) is 3.04. The lowest BCUT2D eigenvalue weighted by Gasteiger charge is -2.24. The van der Waals surface area contributed by atoms with Crippen LogP contribution in [0.1, 0.15) is 29.6 Å². The molecule has 0 unspecified atom stereocenters. The van der Waals surface area contributed by atoms with E-state index in [0.717, 1.165) is 25.9 Å². The second-order valence-corrected chi connectivity index (χ2v) is 6.45. The predicted molar refractivity (Wildman–Crippen MR) is 88.7 cm³/mol. The van der Waals surface area contributed by atoms with Crippen molar-refractivity contribution in [1.82, 2.24) is 15.2 Å². The molecule has 0 saturated carbocycles. The summed E-state index contributed by atoms with van der Waals surface area (Å²) in [6.45, 7) is 1.82. The van der Waals surface area contributed by atoms with Crippen molar-refractivity contribution in [2.45, 2.75) is 29.9 Å². The number of rotatable bonds is 5. The van der Waals surface area contributed by atoms with Crippen LogP contribution < -0.4 is 10.2 Å². The number of carbonyl (C=O) groups excluding carboxylic acids is 1. The summed E-state index contributed by atoms with van der Waals surface area (Å²) in [5.74, 6) is -2.00. The van der Waals surface area contributed by atoms with Crippen LogP contribution in [0.2, 0.25) is 0 Å². The largest absolute Gasteiger partial charge is 0.340 e. The van der Waals surface area contributed by atoms with Gasteiger partial charge in [0.1, 0.15) is 0 Å². The zero-order valence-corrected chi connectivity index (χ0v) is 13.7. The van der Waals surface area contributed by atoms with Gasteiger partial charge in [-0.15, -0.1) is 5.10 Å². The van der Waals surface area contributed by atoms with Gasteiger partial charge in [0, 0.05) is 23.5 Å². The fourth-order valence-electron chi connectivity index (χ4n) is 2.51. The van der Waals surface area contributed by atoms with Gasteiger partial charge >= 0.3 is 0 Å². The molecule has 24 heavy (non-hydrogen) atoms. The smallest absolute Gasteiger partial charge is 0.288 e. The third kappa shape index (κ3) is 4.22. The van der Waals surface area contributed by atoms with Gasteiger partial charge in [0.25, 0.3) is 11.7 Å². The van der Waals surface area contributed by atoms with Crippen LogP contribution in [0, 0.1) is 0 Å². The molecule has 6 nitrogen and oxygen atoms in total. The van der Waals surface area contributed by atoms with Gasteiger partial charge in [-0.1, -0.05) is 11.8 Å². The second kappa shape index (κ2) is 7.61. The number of alkyl halides is 2. The zero-order chi connectivity index (χ0) is 16.9. The third-order valence-corrected chi connectivity index (χ3v) is 4.41. The minimum Gasteiger partial charge on any atom is -0.340 e. The quantitative estimate of drug-likeness (QED) is 0.807. The van der Waals surface area contributed by atoms with Crippen LogP contribution in [-0.2, 0) is 0 Å². The summed E-state index contributed by atoms with van der Waals surface area (Å²) in [6.07, 6.45) is 3.43. The molecule has 1 amide bonds. The van der Waals surface area contributed by atoms with Crippen LogP contribution in [0.3, 0.4) is 0 Å². The first-order valence-electron chi connectivity index (χ1n) is 7.65. The predicted octanol–water partition coefficient (Wildman–Crippen LogP) is 3.36. The minimum absolute atomic E-state index is 0.270. The van der Waals surface area contributed by atoms with E-state index in [9.17, 15) is 13.6 Å². The topological polar surface area (TPSA) is 73.9 Å². The Bertz CT molecular complexity index is 685. The number of hydrogen-bond donors (Lipinski definition) is 2. The Morgan fingerprint density at radius 2 is 1.92 bits per heavy atom. The molecule has 1 aromatic carbocycles. The van der Waals surface area contributed by atoms with Gasteiger partial charge in [-0.3, -0.25) is 10.1 Å². The first kappa shape index (κ1) is 16.7. The highest BCUT2D eigenvalue weighted by Crippen LogP contribution is 2.25. The summed E-state index contributed by atoms with van der Waals surface area (Å²) in [6, 6.07) is 5.99. The summed E-state index contributed by atoms with van der Waals surface area (Å²) < 4.78 is 24.6. The number of carbonyl (C=O) groups is 1. The summed E-state index contributed by atoms with van der Waals surface area (Å²) in [5.41, 5.74) is 0.365. The van der Waals surface area contributed by atoms with Gasteiger partial charge in [-0.2, -0.15) is 13.8 Å². The van der Waals surface area contributed by atoms with E-state index in [2.05, 4.69) is 25.4 Å². The monoisotopic (exact) mass is 353 g/mol. The molecular weight excluding hydrogens is 336 g/mol. The molecular formula is C15H17F2N5OS. The molecule has 3 rings (SSSR count).